The van der Waals surface area contributed by atoms with Gasteiger partial charge in [-0.2, -0.15) is 0 Å². The molecule has 2 aromatic carbocycles. The van der Waals surface area contributed by atoms with Crippen LogP contribution in [0.25, 0.3) is 0 Å². The predicted molar refractivity (Wildman–Crippen MR) is 133 cm³/mol. The van der Waals surface area contributed by atoms with E-state index in [1.54, 1.807) is 0 Å². The van der Waals surface area contributed by atoms with Gasteiger partial charge in [0.15, 0.2) is 0 Å². The molecule has 0 bridgehead atoms. The summed E-state index contributed by atoms with van der Waals surface area (Å²) in [5, 5.41) is 15.3. The molecule has 1 heterocycles. The second-order valence-corrected chi connectivity index (χ2v) is 8.83. The molecule has 1 aliphatic heterocycles. The Kier molecular flexibility index (Phi) is 10.5. The lowest BCUT2D eigenvalue weighted by molar-refractivity contribution is -0.148. The maximum Gasteiger partial charge on any atom is 0.309 e. The summed E-state index contributed by atoms with van der Waals surface area (Å²) < 4.78 is 5.39. The summed E-state index contributed by atoms with van der Waals surface area (Å²) in [5.74, 6) is -1.68. The second kappa shape index (κ2) is 14.1. The van der Waals surface area contributed by atoms with E-state index in [1.807, 2.05) is 72.8 Å². The van der Waals surface area contributed by atoms with Crippen molar-refractivity contribution in [3.8, 4) is 0 Å². The van der Waals surface area contributed by atoms with E-state index in [0.29, 0.717) is 25.7 Å². The average Bonchev–Trinajstić information content (AvgIpc) is 2.87. The SMILES string of the molecule is O=C(CC1CC=CCC(Cc2ccccc2)C(=O)OCCNC1=O)NC(CO)Cc1ccccc1. The summed E-state index contributed by atoms with van der Waals surface area (Å²) in [5.41, 5.74) is 2.07. The molecule has 35 heavy (non-hydrogen) atoms. The van der Waals surface area contributed by atoms with Crippen molar-refractivity contribution in [1.29, 1.82) is 0 Å². The van der Waals surface area contributed by atoms with Crippen LogP contribution in [0.5, 0.6) is 0 Å². The van der Waals surface area contributed by atoms with Crippen molar-refractivity contribution in [1.82, 2.24) is 10.6 Å². The Bertz CT molecular complexity index is 977. The number of carbonyl (C=O) groups excluding carboxylic acids is 3. The first-order valence-corrected chi connectivity index (χ1v) is 12.1. The van der Waals surface area contributed by atoms with E-state index in [1.165, 1.54) is 0 Å². The summed E-state index contributed by atoms with van der Waals surface area (Å²) >= 11 is 0. The van der Waals surface area contributed by atoms with Gasteiger partial charge >= 0.3 is 5.97 Å². The lowest BCUT2D eigenvalue weighted by Gasteiger charge is -2.20. The summed E-state index contributed by atoms with van der Waals surface area (Å²) in [4.78, 5) is 37.9. The highest BCUT2D eigenvalue weighted by molar-refractivity contribution is 5.86. The number of allylic oxidation sites excluding steroid dienone is 2. The topological polar surface area (TPSA) is 105 Å². The zero-order valence-electron chi connectivity index (χ0n) is 19.9. The number of cyclic esters (lactones) is 1. The Morgan fingerprint density at radius 2 is 1.60 bits per heavy atom. The summed E-state index contributed by atoms with van der Waals surface area (Å²) in [6.45, 7) is 0.0888. The minimum absolute atomic E-state index is 0.00863. The van der Waals surface area contributed by atoms with Gasteiger partial charge < -0.3 is 20.5 Å². The van der Waals surface area contributed by atoms with Gasteiger partial charge in [-0.25, -0.2) is 0 Å². The summed E-state index contributed by atoms with van der Waals surface area (Å²) in [6, 6.07) is 19.0. The number of hydrogen-bond donors (Lipinski definition) is 3. The average molecular weight is 479 g/mol. The first kappa shape index (κ1) is 26.2. The third-order valence-corrected chi connectivity index (χ3v) is 6.02. The fraction of sp³-hybridized carbons (Fsp3) is 0.393. The molecule has 7 nitrogen and oxygen atoms in total. The zero-order chi connectivity index (χ0) is 24.9. The molecule has 0 aromatic heterocycles. The van der Waals surface area contributed by atoms with Crippen LogP contribution in [0.2, 0.25) is 0 Å². The van der Waals surface area contributed by atoms with Crippen molar-refractivity contribution in [3.63, 3.8) is 0 Å². The highest BCUT2D eigenvalue weighted by Gasteiger charge is 2.24. The molecule has 3 N–H and O–H groups in total. The number of amides is 2. The minimum Gasteiger partial charge on any atom is -0.464 e. The molecule has 7 heteroatoms. The molecule has 1 aliphatic rings. The number of carbonyl (C=O) groups is 3. The number of nitrogens with one attached hydrogen (secondary N) is 2. The molecule has 3 rings (SSSR count). The number of hydrogen-bond acceptors (Lipinski definition) is 5. The molecule has 186 valence electrons. The molecule has 0 spiro atoms. The number of esters is 1. The molecular weight excluding hydrogens is 444 g/mol. The number of ether oxygens (including phenoxy) is 1. The molecule has 3 unspecified atom stereocenters. The molecule has 0 saturated heterocycles. The molecular formula is C28H34N2O5. The first-order valence-electron chi connectivity index (χ1n) is 12.1. The van der Waals surface area contributed by atoms with Crippen LogP contribution < -0.4 is 10.6 Å². The van der Waals surface area contributed by atoms with Gasteiger partial charge in [0.2, 0.25) is 11.8 Å². The molecule has 0 saturated carbocycles. The lowest BCUT2D eigenvalue weighted by atomic mass is 9.94. The van der Waals surface area contributed by atoms with E-state index in [2.05, 4.69) is 10.6 Å². The predicted octanol–water partition coefficient (Wildman–Crippen LogP) is 2.58. The standard InChI is InChI=1S/C28H34N2O5/c31-20-25(18-22-11-5-2-6-12-22)30-26(32)19-23-13-7-8-14-24(17-21-9-3-1-4-10-21)28(34)35-16-15-29-27(23)33/h1-12,23-25,31H,13-20H2,(H,29,33)(H,30,32). The Morgan fingerprint density at radius 3 is 2.26 bits per heavy atom. The van der Waals surface area contributed by atoms with E-state index >= 15 is 0 Å². The van der Waals surface area contributed by atoms with Crippen LogP contribution in [-0.4, -0.2) is 48.7 Å². The number of aliphatic hydroxyl groups excluding tert-OH is 1. The molecule has 3 atom stereocenters. The van der Waals surface area contributed by atoms with Gasteiger partial charge in [0.05, 0.1) is 31.0 Å². The Hall–Kier alpha value is -3.45. The van der Waals surface area contributed by atoms with Gasteiger partial charge in [0.1, 0.15) is 6.61 Å². The van der Waals surface area contributed by atoms with Crippen molar-refractivity contribution in [2.75, 3.05) is 19.8 Å². The van der Waals surface area contributed by atoms with Crippen molar-refractivity contribution < 1.29 is 24.2 Å². The van der Waals surface area contributed by atoms with E-state index in [-0.39, 0.29) is 49.9 Å². The Morgan fingerprint density at radius 1 is 0.971 bits per heavy atom. The van der Waals surface area contributed by atoms with Crippen LogP contribution in [0.4, 0.5) is 0 Å². The van der Waals surface area contributed by atoms with E-state index in [0.717, 1.165) is 11.1 Å². The van der Waals surface area contributed by atoms with Crippen molar-refractivity contribution in [3.05, 3.63) is 83.9 Å². The Labute approximate surface area is 206 Å². The molecule has 2 aromatic rings. The van der Waals surface area contributed by atoms with Crippen molar-refractivity contribution in [2.45, 2.75) is 38.1 Å². The first-order chi connectivity index (χ1) is 17.0. The van der Waals surface area contributed by atoms with Crippen molar-refractivity contribution >= 4 is 17.8 Å². The van der Waals surface area contributed by atoms with E-state index in [4.69, 9.17) is 4.74 Å². The van der Waals surface area contributed by atoms with Crippen LogP contribution in [0.3, 0.4) is 0 Å². The third kappa shape index (κ3) is 9.02. The minimum atomic E-state index is -0.551. The van der Waals surface area contributed by atoms with Gasteiger partial charge in [-0.1, -0.05) is 72.8 Å². The maximum absolute atomic E-state index is 12.7. The van der Waals surface area contributed by atoms with Crippen LogP contribution in [-0.2, 0) is 32.0 Å². The number of aliphatic hydroxyl groups is 1. The van der Waals surface area contributed by atoms with Crippen LogP contribution in [0.15, 0.2) is 72.8 Å². The van der Waals surface area contributed by atoms with Crippen LogP contribution in [0.1, 0.15) is 30.4 Å². The quantitative estimate of drug-likeness (QED) is 0.400. The maximum atomic E-state index is 12.7. The number of benzene rings is 2. The van der Waals surface area contributed by atoms with Crippen molar-refractivity contribution in [2.24, 2.45) is 11.8 Å². The van der Waals surface area contributed by atoms with Gasteiger partial charge in [0, 0.05) is 6.42 Å². The van der Waals surface area contributed by atoms with Gasteiger partial charge in [-0.05, 0) is 36.8 Å². The van der Waals surface area contributed by atoms with Gasteiger partial charge in [-0.15, -0.1) is 0 Å². The fourth-order valence-corrected chi connectivity index (χ4v) is 4.12. The normalized spacial score (nSPS) is 20.0. The lowest BCUT2D eigenvalue weighted by Crippen LogP contribution is -2.42. The summed E-state index contributed by atoms with van der Waals surface area (Å²) in [7, 11) is 0. The van der Waals surface area contributed by atoms with Crippen LogP contribution >= 0.6 is 0 Å². The van der Waals surface area contributed by atoms with Crippen LogP contribution in [0, 0.1) is 11.8 Å². The molecule has 0 fully saturated rings. The highest BCUT2D eigenvalue weighted by atomic mass is 16.5. The molecule has 2 amide bonds. The van der Waals surface area contributed by atoms with E-state index in [9.17, 15) is 19.5 Å². The monoisotopic (exact) mass is 478 g/mol. The van der Waals surface area contributed by atoms with Gasteiger partial charge in [0.25, 0.3) is 0 Å². The molecule has 0 radical (unpaired) electrons. The second-order valence-electron chi connectivity index (χ2n) is 8.83. The Balaban J connectivity index is 1.59. The number of rotatable bonds is 8. The smallest absolute Gasteiger partial charge is 0.309 e. The third-order valence-electron chi connectivity index (χ3n) is 6.02. The van der Waals surface area contributed by atoms with Gasteiger partial charge in [-0.3, -0.25) is 14.4 Å². The van der Waals surface area contributed by atoms with E-state index < -0.39 is 12.0 Å². The molecule has 0 aliphatic carbocycles. The zero-order valence-corrected chi connectivity index (χ0v) is 19.9. The largest absolute Gasteiger partial charge is 0.464 e. The fourth-order valence-electron chi connectivity index (χ4n) is 4.12. The summed E-state index contributed by atoms with van der Waals surface area (Å²) in [6.07, 6.45) is 5.72. The highest BCUT2D eigenvalue weighted by Crippen LogP contribution is 2.17.